The Kier molecular flexibility index (Phi) is 4.57. The van der Waals surface area contributed by atoms with Gasteiger partial charge >= 0.3 is 5.69 Å². The van der Waals surface area contributed by atoms with E-state index in [0.29, 0.717) is 5.56 Å². The van der Waals surface area contributed by atoms with Crippen LogP contribution >= 0.6 is 0 Å². The molecule has 0 radical (unpaired) electrons. The van der Waals surface area contributed by atoms with Gasteiger partial charge in [-0.2, -0.15) is 9.40 Å². The third-order valence-corrected chi connectivity index (χ3v) is 5.41. The average molecular weight is 341 g/mol. The van der Waals surface area contributed by atoms with E-state index in [1.54, 1.807) is 31.0 Å². The smallest absolute Gasteiger partial charge is 0.302 e. The van der Waals surface area contributed by atoms with Crippen LogP contribution in [0.1, 0.15) is 12.5 Å². The van der Waals surface area contributed by atoms with Crippen molar-refractivity contribution in [1.29, 1.82) is 0 Å². The Morgan fingerprint density at radius 3 is 2.35 bits per heavy atom. The van der Waals surface area contributed by atoms with Crippen molar-refractivity contribution in [3.8, 4) is 0 Å². The van der Waals surface area contributed by atoms with Crippen LogP contribution in [0.15, 0.2) is 33.1 Å². The number of rotatable bonds is 5. The normalized spacial score (nSPS) is 12.0. The first-order valence-electron chi connectivity index (χ1n) is 6.92. The molecule has 2 rings (SSSR count). The summed E-state index contributed by atoms with van der Waals surface area (Å²) in [6, 6.07) is 0. The summed E-state index contributed by atoms with van der Waals surface area (Å²) in [6.45, 7) is 1.96. The minimum absolute atomic E-state index is 0.0959. The van der Waals surface area contributed by atoms with E-state index in [0.717, 1.165) is 15.3 Å². The van der Waals surface area contributed by atoms with Crippen molar-refractivity contribution < 1.29 is 8.42 Å². The Morgan fingerprint density at radius 2 is 1.83 bits per heavy atom. The SMILES string of the molecule is CCN(Cc1cnn(C)c1)S(=O)(=O)c1cn(C)c(=O)n(C)c1=O. The third-order valence-electron chi connectivity index (χ3n) is 3.50. The molecule has 9 nitrogen and oxygen atoms in total. The molecule has 0 saturated heterocycles. The van der Waals surface area contributed by atoms with Crippen LogP contribution in [-0.2, 0) is 37.7 Å². The van der Waals surface area contributed by atoms with Gasteiger partial charge in [0.25, 0.3) is 5.56 Å². The highest BCUT2D eigenvalue weighted by Gasteiger charge is 2.28. The highest BCUT2D eigenvalue weighted by Crippen LogP contribution is 2.14. The molecule has 0 bridgehead atoms. The Bertz CT molecular complexity index is 938. The molecular formula is C13H19N5O4S. The molecule has 0 aliphatic heterocycles. The van der Waals surface area contributed by atoms with Gasteiger partial charge in [0.15, 0.2) is 4.90 Å². The predicted octanol–water partition coefficient (Wildman–Crippen LogP) is -0.972. The number of nitrogens with zero attached hydrogens (tertiary/aromatic N) is 5. The molecule has 0 aliphatic carbocycles. The van der Waals surface area contributed by atoms with Gasteiger partial charge in [-0.1, -0.05) is 6.92 Å². The first kappa shape index (κ1) is 17.2. The number of hydrogen-bond acceptors (Lipinski definition) is 5. The van der Waals surface area contributed by atoms with Gasteiger partial charge in [-0.05, 0) is 0 Å². The van der Waals surface area contributed by atoms with Crippen LogP contribution in [0, 0.1) is 0 Å². The topological polar surface area (TPSA) is 99.2 Å². The maximum absolute atomic E-state index is 12.8. The summed E-state index contributed by atoms with van der Waals surface area (Å²) >= 11 is 0. The van der Waals surface area contributed by atoms with E-state index in [-0.39, 0.29) is 13.1 Å². The predicted molar refractivity (Wildman–Crippen MR) is 83.4 cm³/mol. The van der Waals surface area contributed by atoms with E-state index in [9.17, 15) is 18.0 Å². The van der Waals surface area contributed by atoms with Crippen LogP contribution in [0.5, 0.6) is 0 Å². The zero-order valence-electron chi connectivity index (χ0n) is 13.4. The van der Waals surface area contributed by atoms with Crippen molar-refractivity contribution in [2.45, 2.75) is 18.4 Å². The lowest BCUT2D eigenvalue weighted by Gasteiger charge is -2.20. The Hall–Kier alpha value is -2.20. The van der Waals surface area contributed by atoms with Crippen molar-refractivity contribution in [3.05, 3.63) is 45.0 Å². The summed E-state index contributed by atoms with van der Waals surface area (Å²) in [5.41, 5.74) is -0.707. The maximum atomic E-state index is 12.8. The fourth-order valence-electron chi connectivity index (χ4n) is 2.22. The Morgan fingerprint density at radius 1 is 1.17 bits per heavy atom. The molecule has 0 N–H and O–H groups in total. The van der Waals surface area contributed by atoms with Gasteiger partial charge in [-0.3, -0.25) is 14.0 Å². The summed E-state index contributed by atoms with van der Waals surface area (Å²) < 4.78 is 30.2. The van der Waals surface area contributed by atoms with Crippen LogP contribution in [0.2, 0.25) is 0 Å². The fourth-order valence-corrected chi connectivity index (χ4v) is 3.80. The molecule has 0 aliphatic rings. The Labute approximate surface area is 133 Å². The van der Waals surface area contributed by atoms with Crippen LogP contribution in [-0.4, -0.2) is 38.2 Å². The highest BCUT2D eigenvalue weighted by molar-refractivity contribution is 7.89. The van der Waals surface area contributed by atoms with Gasteiger partial charge in [-0.25, -0.2) is 13.2 Å². The van der Waals surface area contributed by atoms with E-state index in [4.69, 9.17) is 0 Å². The maximum Gasteiger partial charge on any atom is 0.330 e. The van der Waals surface area contributed by atoms with Crippen molar-refractivity contribution in [2.24, 2.45) is 21.1 Å². The molecule has 2 aromatic rings. The summed E-state index contributed by atoms with van der Waals surface area (Å²) in [4.78, 5) is 23.5. The molecule has 0 saturated carbocycles. The van der Waals surface area contributed by atoms with Crippen LogP contribution in [0.25, 0.3) is 0 Å². The Balaban J connectivity index is 2.52. The lowest BCUT2D eigenvalue weighted by molar-refractivity contribution is 0.420. The van der Waals surface area contributed by atoms with Gasteiger partial charge in [0.2, 0.25) is 10.0 Å². The summed E-state index contributed by atoms with van der Waals surface area (Å²) in [5, 5.41) is 4.00. The molecular weight excluding hydrogens is 322 g/mol. The zero-order valence-corrected chi connectivity index (χ0v) is 14.2. The molecule has 10 heteroatoms. The monoisotopic (exact) mass is 341 g/mol. The van der Waals surface area contributed by atoms with Crippen molar-refractivity contribution >= 4 is 10.0 Å². The first-order chi connectivity index (χ1) is 10.7. The van der Waals surface area contributed by atoms with Crippen molar-refractivity contribution in [1.82, 2.24) is 23.2 Å². The molecule has 126 valence electrons. The molecule has 0 atom stereocenters. The summed E-state index contributed by atoms with van der Waals surface area (Å²) in [5.74, 6) is 0. The molecule has 2 aromatic heterocycles. The quantitative estimate of drug-likeness (QED) is 0.697. The second-order valence-corrected chi connectivity index (χ2v) is 7.11. The van der Waals surface area contributed by atoms with Crippen LogP contribution < -0.4 is 11.2 Å². The molecule has 2 heterocycles. The van der Waals surface area contributed by atoms with E-state index in [1.165, 1.54) is 18.4 Å². The van der Waals surface area contributed by atoms with E-state index in [2.05, 4.69) is 5.10 Å². The van der Waals surface area contributed by atoms with Crippen molar-refractivity contribution in [3.63, 3.8) is 0 Å². The standard InChI is InChI=1S/C13H19N5O4S/c1-5-18(8-10-6-14-16(3)7-10)23(21,22)11-9-15(2)13(20)17(4)12(11)19/h6-7,9H,5,8H2,1-4H3. The molecule has 23 heavy (non-hydrogen) atoms. The van der Waals surface area contributed by atoms with E-state index in [1.807, 2.05) is 0 Å². The van der Waals surface area contributed by atoms with Crippen LogP contribution in [0.4, 0.5) is 0 Å². The summed E-state index contributed by atoms with van der Waals surface area (Å²) in [6.07, 6.45) is 4.33. The number of aromatic nitrogens is 4. The fraction of sp³-hybridized carbons (Fsp3) is 0.462. The lowest BCUT2D eigenvalue weighted by atomic mass is 10.3. The molecule has 0 unspecified atom stereocenters. The zero-order chi connectivity index (χ0) is 17.4. The minimum atomic E-state index is -4.03. The van der Waals surface area contributed by atoms with Gasteiger partial charge in [0.1, 0.15) is 0 Å². The number of aryl methyl sites for hydroxylation is 2. The van der Waals surface area contributed by atoms with Gasteiger partial charge in [0.05, 0.1) is 6.20 Å². The molecule has 0 aromatic carbocycles. The lowest BCUT2D eigenvalue weighted by Crippen LogP contribution is -2.42. The second-order valence-electron chi connectivity index (χ2n) is 5.20. The summed E-state index contributed by atoms with van der Waals surface area (Å²) in [7, 11) is 0.356. The minimum Gasteiger partial charge on any atom is -0.302 e. The number of hydrogen-bond donors (Lipinski definition) is 0. The highest BCUT2D eigenvalue weighted by atomic mass is 32.2. The molecule has 0 fully saturated rings. The van der Waals surface area contributed by atoms with Crippen LogP contribution in [0.3, 0.4) is 0 Å². The number of sulfonamides is 1. The van der Waals surface area contributed by atoms with Gasteiger partial charge < -0.3 is 4.57 Å². The third kappa shape index (κ3) is 3.13. The average Bonchev–Trinajstić information content (AvgIpc) is 2.91. The molecule has 0 spiro atoms. The first-order valence-corrected chi connectivity index (χ1v) is 8.36. The van der Waals surface area contributed by atoms with E-state index < -0.39 is 26.2 Å². The van der Waals surface area contributed by atoms with Crippen molar-refractivity contribution in [2.75, 3.05) is 6.54 Å². The van der Waals surface area contributed by atoms with Gasteiger partial charge in [-0.15, -0.1) is 0 Å². The molecule has 0 amide bonds. The van der Waals surface area contributed by atoms with E-state index >= 15 is 0 Å². The second kappa shape index (κ2) is 6.13. The largest absolute Gasteiger partial charge is 0.330 e. The van der Waals surface area contributed by atoms with Gasteiger partial charge in [0, 0.05) is 52.2 Å².